The Labute approximate surface area is 69.7 Å². The largest absolute Gasteiger partial charge is 0.277 e. The van der Waals surface area contributed by atoms with Crippen LogP contribution >= 0.6 is 11.8 Å². The van der Waals surface area contributed by atoms with Crippen molar-refractivity contribution in [1.82, 2.24) is 9.40 Å². The van der Waals surface area contributed by atoms with Crippen LogP contribution < -0.4 is 0 Å². The zero-order valence-corrected chi connectivity index (χ0v) is 6.53. The number of halogens is 1. The van der Waals surface area contributed by atoms with Gasteiger partial charge < -0.3 is 0 Å². The van der Waals surface area contributed by atoms with E-state index in [9.17, 15) is 4.79 Å². The third-order valence-electron chi connectivity index (χ3n) is 1.15. The predicted molar refractivity (Wildman–Crippen MR) is 41.7 cm³/mol. The predicted octanol–water partition coefficient (Wildman–Crippen LogP) is 1.19. The molecule has 0 radical (unpaired) electrons. The molecule has 0 aliphatic carbocycles. The van der Waals surface area contributed by atoms with Crippen LogP contribution in [-0.4, -0.2) is 15.8 Å². The van der Waals surface area contributed by atoms with E-state index in [2.05, 4.69) is 4.98 Å². The first-order valence-electron chi connectivity index (χ1n) is 3.10. The Kier molecular flexibility index (Phi) is 2.86. The Hall–Kier alpha value is -1.09. The van der Waals surface area contributed by atoms with Crippen LogP contribution in [0, 0.1) is 0 Å². The van der Waals surface area contributed by atoms with Gasteiger partial charge in [-0.05, 0) is 12.1 Å². The minimum absolute atomic E-state index is 0.339. The summed E-state index contributed by atoms with van der Waals surface area (Å²) in [5.41, 5.74) is 0.773. The van der Waals surface area contributed by atoms with Crippen molar-refractivity contribution in [2.75, 3.05) is 0 Å². The molecule has 58 valence electrons. The Morgan fingerprint density at radius 3 is 3.00 bits per heavy atom. The molecule has 0 aliphatic heterocycles. The summed E-state index contributed by atoms with van der Waals surface area (Å²) in [6.45, 7) is 0.339. The molecule has 11 heavy (non-hydrogen) atoms. The molecule has 0 saturated heterocycles. The summed E-state index contributed by atoms with van der Waals surface area (Å²) in [7, 11) is 0. The third-order valence-corrected chi connectivity index (χ3v) is 1.35. The van der Waals surface area contributed by atoms with Crippen molar-refractivity contribution in [2.45, 2.75) is 6.54 Å². The van der Waals surface area contributed by atoms with Gasteiger partial charge in [0.2, 0.25) is 6.41 Å². The molecule has 1 rings (SSSR count). The second-order valence-corrected chi connectivity index (χ2v) is 2.42. The van der Waals surface area contributed by atoms with Crippen LogP contribution in [0.25, 0.3) is 0 Å². The van der Waals surface area contributed by atoms with E-state index in [1.54, 1.807) is 12.3 Å². The van der Waals surface area contributed by atoms with Gasteiger partial charge in [0.1, 0.15) is 0 Å². The fraction of sp³-hybridized carbons (Fsp3) is 0.143. The summed E-state index contributed by atoms with van der Waals surface area (Å²) < 4.78 is 1.02. The van der Waals surface area contributed by atoms with Crippen molar-refractivity contribution >= 4 is 18.2 Å². The average Bonchev–Trinajstić information content (AvgIpc) is 2.06. The minimum atomic E-state index is 0.339. The first-order chi connectivity index (χ1) is 5.33. The molecule has 1 aromatic rings. The van der Waals surface area contributed by atoms with Gasteiger partial charge in [-0.25, -0.2) is 0 Å². The van der Waals surface area contributed by atoms with Gasteiger partial charge >= 0.3 is 0 Å². The second-order valence-electron chi connectivity index (χ2n) is 1.98. The molecule has 1 amide bonds. The SMILES string of the molecule is O=CN(Cl)Cc1ccccn1. The molecule has 0 spiro atoms. The van der Waals surface area contributed by atoms with Gasteiger partial charge in [-0.1, -0.05) is 6.07 Å². The number of hydrogen-bond acceptors (Lipinski definition) is 2. The second kappa shape index (κ2) is 3.93. The zero-order valence-electron chi connectivity index (χ0n) is 5.77. The van der Waals surface area contributed by atoms with E-state index >= 15 is 0 Å². The van der Waals surface area contributed by atoms with Gasteiger partial charge in [0, 0.05) is 18.0 Å². The zero-order chi connectivity index (χ0) is 8.10. The molecule has 0 saturated carbocycles. The minimum Gasteiger partial charge on any atom is -0.277 e. The van der Waals surface area contributed by atoms with Crippen molar-refractivity contribution in [3.63, 3.8) is 0 Å². The third kappa shape index (κ3) is 2.55. The highest BCUT2D eigenvalue weighted by molar-refractivity contribution is 6.18. The maximum absolute atomic E-state index is 10.1. The molecule has 0 N–H and O–H groups in total. The highest BCUT2D eigenvalue weighted by Crippen LogP contribution is 1.99. The number of pyridine rings is 1. The molecule has 4 heteroatoms. The molecule has 0 bridgehead atoms. The number of carbonyl (C=O) groups excluding carboxylic acids is 1. The van der Waals surface area contributed by atoms with E-state index in [4.69, 9.17) is 11.8 Å². The lowest BCUT2D eigenvalue weighted by Gasteiger charge is -2.04. The van der Waals surface area contributed by atoms with E-state index in [0.717, 1.165) is 10.1 Å². The molecule has 1 heterocycles. The van der Waals surface area contributed by atoms with Gasteiger partial charge in [-0.2, -0.15) is 0 Å². The lowest BCUT2D eigenvalue weighted by Crippen LogP contribution is -2.09. The summed E-state index contributed by atoms with van der Waals surface area (Å²) in [6, 6.07) is 5.46. The summed E-state index contributed by atoms with van der Waals surface area (Å²) in [5.74, 6) is 0. The van der Waals surface area contributed by atoms with Crippen molar-refractivity contribution in [3.05, 3.63) is 30.1 Å². The number of aromatic nitrogens is 1. The van der Waals surface area contributed by atoms with Crippen LogP contribution in [0.1, 0.15) is 5.69 Å². The van der Waals surface area contributed by atoms with E-state index in [1.807, 2.05) is 12.1 Å². The summed E-state index contributed by atoms with van der Waals surface area (Å²) in [5, 5.41) is 0. The van der Waals surface area contributed by atoms with Crippen LogP contribution in [0.15, 0.2) is 24.4 Å². The normalized spacial score (nSPS) is 9.18. The number of amides is 1. The monoisotopic (exact) mass is 170 g/mol. The van der Waals surface area contributed by atoms with Crippen molar-refractivity contribution in [3.8, 4) is 0 Å². The molecule has 3 nitrogen and oxygen atoms in total. The quantitative estimate of drug-likeness (QED) is 0.505. The smallest absolute Gasteiger partial charge is 0.224 e. The number of hydrogen-bond donors (Lipinski definition) is 0. The lowest BCUT2D eigenvalue weighted by atomic mass is 10.3. The molecular formula is C7H7ClN2O. The molecule has 0 aliphatic rings. The van der Waals surface area contributed by atoms with Gasteiger partial charge in [0.05, 0.1) is 12.2 Å². The highest BCUT2D eigenvalue weighted by atomic mass is 35.5. The van der Waals surface area contributed by atoms with E-state index in [1.165, 1.54) is 0 Å². The first kappa shape index (κ1) is 8.01. The van der Waals surface area contributed by atoms with Crippen LogP contribution in [0.3, 0.4) is 0 Å². The Balaban J connectivity index is 2.57. The Morgan fingerprint density at radius 2 is 2.45 bits per heavy atom. The molecule has 1 aromatic heterocycles. The first-order valence-corrected chi connectivity index (χ1v) is 3.44. The fourth-order valence-corrected chi connectivity index (χ4v) is 0.806. The van der Waals surface area contributed by atoms with E-state index < -0.39 is 0 Å². The van der Waals surface area contributed by atoms with E-state index in [0.29, 0.717) is 13.0 Å². The van der Waals surface area contributed by atoms with Crippen molar-refractivity contribution in [2.24, 2.45) is 0 Å². The molecule has 0 atom stereocenters. The number of carbonyl (C=O) groups is 1. The van der Waals surface area contributed by atoms with Crippen LogP contribution in [0.2, 0.25) is 0 Å². The molecule has 0 aromatic carbocycles. The van der Waals surface area contributed by atoms with Gasteiger partial charge in [0.15, 0.2) is 0 Å². The molecule has 0 fully saturated rings. The van der Waals surface area contributed by atoms with Gasteiger partial charge in [-0.15, -0.1) is 0 Å². The Bertz CT molecular complexity index is 227. The summed E-state index contributed by atoms with van der Waals surface area (Å²) in [4.78, 5) is 14.1. The van der Waals surface area contributed by atoms with Gasteiger partial charge in [0.25, 0.3) is 0 Å². The van der Waals surface area contributed by atoms with Gasteiger partial charge in [-0.3, -0.25) is 14.2 Å². The van der Waals surface area contributed by atoms with Crippen LogP contribution in [-0.2, 0) is 11.3 Å². The topological polar surface area (TPSA) is 33.2 Å². The highest BCUT2D eigenvalue weighted by Gasteiger charge is 1.97. The maximum Gasteiger partial charge on any atom is 0.224 e. The maximum atomic E-state index is 10.1. The molecular weight excluding hydrogens is 164 g/mol. The lowest BCUT2D eigenvalue weighted by molar-refractivity contribution is -0.114. The fourth-order valence-electron chi connectivity index (χ4n) is 0.684. The van der Waals surface area contributed by atoms with Crippen LogP contribution in [0.5, 0.6) is 0 Å². The number of rotatable bonds is 3. The number of nitrogens with zero attached hydrogens (tertiary/aromatic N) is 2. The summed E-state index contributed by atoms with van der Waals surface area (Å²) >= 11 is 5.43. The summed E-state index contributed by atoms with van der Waals surface area (Å²) in [6.07, 6.45) is 2.21. The van der Waals surface area contributed by atoms with E-state index in [-0.39, 0.29) is 0 Å². The molecule has 0 unspecified atom stereocenters. The van der Waals surface area contributed by atoms with Crippen LogP contribution in [0.4, 0.5) is 0 Å². The standard InChI is InChI=1S/C7H7ClN2O/c8-10(6-11)5-7-3-1-2-4-9-7/h1-4,6H,5H2. The van der Waals surface area contributed by atoms with Crippen molar-refractivity contribution < 1.29 is 4.79 Å². The van der Waals surface area contributed by atoms with Crippen molar-refractivity contribution in [1.29, 1.82) is 0 Å². The average molecular weight is 171 g/mol. The Morgan fingerprint density at radius 1 is 1.64 bits per heavy atom.